The molecule has 3 N–H and O–H groups in total. The fourth-order valence-electron chi connectivity index (χ4n) is 3.33. The lowest BCUT2D eigenvalue weighted by atomic mass is 9.94. The van der Waals surface area contributed by atoms with E-state index in [-0.39, 0.29) is 11.5 Å². The van der Waals surface area contributed by atoms with Gasteiger partial charge in [-0.25, -0.2) is 4.79 Å². The number of hydrogen-bond donors (Lipinski definition) is 3. The molecule has 5 nitrogen and oxygen atoms in total. The minimum Gasteiger partial charge on any atom is -0.478 e. The zero-order valence-electron chi connectivity index (χ0n) is 14.3. The molecule has 4 rings (SSSR count). The molecule has 0 saturated heterocycles. The van der Waals surface area contributed by atoms with Crippen molar-refractivity contribution >= 4 is 40.8 Å². The average molecular weight is 379 g/mol. The summed E-state index contributed by atoms with van der Waals surface area (Å²) in [4.78, 5) is 27.1. The van der Waals surface area contributed by atoms with Crippen molar-refractivity contribution in [3.63, 3.8) is 0 Å². The Hall–Kier alpha value is -3.31. The number of carbonyl (C=O) groups excluding carboxylic acids is 1. The van der Waals surface area contributed by atoms with Crippen LogP contribution in [0.5, 0.6) is 0 Å². The number of aromatic nitrogens is 1. The lowest BCUT2D eigenvalue weighted by Gasteiger charge is -2.09. The van der Waals surface area contributed by atoms with Gasteiger partial charge in [-0.15, -0.1) is 0 Å². The fourth-order valence-corrected chi connectivity index (χ4v) is 3.52. The van der Waals surface area contributed by atoms with Crippen LogP contribution in [0, 0.1) is 6.92 Å². The molecule has 3 aromatic rings. The third kappa shape index (κ3) is 3.02. The Morgan fingerprint density at radius 3 is 2.67 bits per heavy atom. The van der Waals surface area contributed by atoms with E-state index in [1.807, 2.05) is 36.4 Å². The number of H-pyrrole nitrogens is 1. The molecule has 0 spiro atoms. The molecule has 0 atom stereocenters. The largest absolute Gasteiger partial charge is 0.478 e. The van der Waals surface area contributed by atoms with Crippen LogP contribution >= 0.6 is 11.6 Å². The number of halogens is 1. The molecule has 0 fully saturated rings. The SMILES string of the molecule is Cc1cc(C(=O)O)c(/C=C2\C(=O)Nc3cccc(-c4cccc(Cl)c4)c32)[nH]1. The Kier molecular flexibility index (Phi) is 4.09. The van der Waals surface area contributed by atoms with E-state index >= 15 is 0 Å². The molecule has 1 aliphatic heterocycles. The first kappa shape index (κ1) is 17.1. The summed E-state index contributed by atoms with van der Waals surface area (Å²) >= 11 is 6.13. The van der Waals surface area contributed by atoms with Crippen LogP contribution in [-0.4, -0.2) is 22.0 Å². The number of carbonyl (C=O) groups is 2. The number of carboxylic acid groups (broad SMARTS) is 1. The van der Waals surface area contributed by atoms with Crippen molar-refractivity contribution in [1.82, 2.24) is 4.98 Å². The number of aryl methyl sites for hydroxylation is 1. The van der Waals surface area contributed by atoms with Crippen LogP contribution in [0.15, 0.2) is 48.5 Å². The Morgan fingerprint density at radius 1 is 1.15 bits per heavy atom. The van der Waals surface area contributed by atoms with Crippen molar-refractivity contribution in [2.45, 2.75) is 6.92 Å². The molecule has 2 heterocycles. The highest BCUT2D eigenvalue weighted by molar-refractivity contribution is 6.36. The zero-order chi connectivity index (χ0) is 19.1. The second-order valence-corrected chi connectivity index (χ2v) is 6.77. The molecule has 134 valence electrons. The lowest BCUT2D eigenvalue weighted by Crippen LogP contribution is -2.04. The van der Waals surface area contributed by atoms with Gasteiger partial charge >= 0.3 is 5.97 Å². The minimum absolute atomic E-state index is 0.126. The number of aromatic carboxylic acids is 1. The van der Waals surface area contributed by atoms with Gasteiger partial charge in [-0.1, -0.05) is 35.9 Å². The Morgan fingerprint density at radius 2 is 1.93 bits per heavy atom. The molecule has 0 saturated carbocycles. The summed E-state index contributed by atoms with van der Waals surface area (Å²) in [5.74, 6) is -1.32. The van der Waals surface area contributed by atoms with Crippen LogP contribution < -0.4 is 5.32 Å². The second-order valence-electron chi connectivity index (χ2n) is 6.34. The van der Waals surface area contributed by atoms with Gasteiger partial charge in [0.1, 0.15) is 0 Å². The van der Waals surface area contributed by atoms with E-state index in [0.717, 1.165) is 16.7 Å². The van der Waals surface area contributed by atoms with E-state index in [1.165, 1.54) is 0 Å². The lowest BCUT2D eigenvalue weighted by molar-refractivity contribution is -0.110. The predicted molar refractivity (Wildman–Crippen MR) is 106 cm³/mol. The van der Waals surface area contributed by atoms with E-state index in [2.05, 4.69) is 10.3 Å². The summed E-state index contributed by atoms with van der Waals surface area (Å²) < 4.78 is 0. The van der Waals surface area contributed by atoms with Crippen molar-refractivity contribution in [3.8, 4) is 11.1 Å². The number of hydrogen-bond acceptors (Lipinski definition) is 2. The Bertz CT molecular complexity index is 1130. The number of aromatic amines is 1. The smallest absolute Gasteiger partial charge is 0.337 e. The van der Waals surface area contributed by atoms with Gasteiger partial charge in [0.25, 0.3) is 5.91 Å². The third-order valence-corrected chi connectivity index (χ3v) is 4.70. The highest BCUT2D eigenvalue weighted by Crippen LogP contribution is 2.41. The Balaban J connectivity index is 1.93. The molecule has 0 aliphatic carbocycles. The van der Waals surface area contributed by atoms with Gasteiger partial charge in [0.05, 0.1) is 16.8 Å². The van der Waals surface area contributed by atoms with Crippen molar-refractivity contribution in [3.05, 3.63) is 76.1 Å². The van der Waals surface area contributed by atoms with Crippen molar-refractivity contribution in [2.75, 3.05) is 5.32 Å². The first-order valence-electron chi connectivity index (χ1n) is 8.29. The van der Waals surface area contributed by atoms with Gasteiger partial charge < -0.3 is 15.4 Å². The number of anilines is 1. The highest BCUT2D eigenvalue weighted by atomic mass is 35.5. The Labute approximate surface area is 160 Å². The van der Waals surface area contributed by atoms with Crippen LogP contribution in [0.3, 0.4) is 0 Å². The number of carboxylic acids is 1. The van der Waals surface area contributed by atoms with Crippen LogP contribution in [0.4, 0.5) is 5.69 Å². The quantitative estimate of drug-likeness (QED) is 0.570. The van der Waals surface area contributed by atoms with E-state index < -0.39 is 5.97 Å². The third-order valence-electron chi connectivity index (χ3n) is 4.46. The van der Waals surface area contributed by atoms with Crippen LogP contribution in [0.1, 0.15) is 27.3 Å². The predicted octanol–water partition coefficient (Wildman–Crippen LogP) is 4.83. The van der Waals surface area contributed by atoms with E-state index in [1.54, 1.807) is 25.1 Å². The van der Waals surface area contributed by atoms with Crippen LogP contribution in [-0.2, 0) is 4.79 Å². The van der Waals surface area contributed by atoms with Gasteiger partial charge in [0.2, 0.25) is 0 Å². The first-order valence-corrected chi connectivity index (χ1v) is 8.67. The minimum atomic E-state index is -1.05. The van der Waals surface area contributed by atoms with E-state index in [9.17, 15) is 14.7 Å². The molecule has 6 heteroatoms. The molecule has 0 radical (unpaired) electrons. The summed E-state index contributed by atoms with van der Waals surface area (Å²) in [6.45, 7) is 1.77. The first-order chi connectivity index (χ1) is 12.9. The topological polar surface area (TPSA) is 82.2 Å². The van der Waals surface area contributed by atoms with Gasteiger partial charge in [0.15, 0.2) is 0 Å². The number of amides is 1. The molecular weight excluding hydrogens is 364 g/mol. The van der Waals surface area contributed by atoms with Gasteiger partial charge in [0, 0.05) is 22.0 Å². The summed E-state index contributed by atoms with van der Waals surface area (Å²) in [5.41, 5.74) is 4.77. The second kappa shape index (κ2) is 6.45. The van der Waals surface area contributed by atoms with Crippen molar-refractivity contribution < 1.29 is 14.7 Å². The highest BCUT2D eigenvalue weighted by Gasteiger charge is 2.28. The summed E-state index contributed by atoms with van der Waals surface area (Å²) in [5, 5.41) is 12.9. The molecule has 0 unspecified atom stereocenters. The average Bonchev–Trinajstić information content (AvgIpc) is 3.15. The van der Waals surface area contributed by atoms with Gasteiger partial charge in [-0.3, -0.25) is 4.79 Å². The zero-order valence-corrected chi connectivity index (χ0v) is 15.1. The number of fused-ring (bicyclic) bond motifs is 1. The van der Waals surface area contributed by atoms with Crippen molar-refractivity contribution in [2.24, 2.45) is 0 Å². The number of nitrogens with one attached hydrogen (secondary N) is 2. The molecule has 1 aromatic heterocycles. The maximum Gasteiger partial charge on any atom is 0.337 e. The standard InChI is InChI=1S/C21H15ClN2O3/c1-11-8-15(21(26)27)18(23-11)10-16-19-14(12-4-2-5-13(22)9-12)6-3-7-17(19)24-20(16)25/h2-10,23H,1H3,(H,24,25)(H,26,27)/b16-10-. The fraction of sp³-hybridized carbons (Fsp3) is 0.0476. The molecule has 1 aliphatic rings. The van der Waals surface area contributed by atoms with E-state index in [0.29, 0.717) is 27.7 Å². The van der Waals surface area contributed by atoms with Gasteiger partial charge in [-0.2, -0.15) is 0 Å². The van der Waals surface area contributed by atoms with Crippen LogP contribution in [0.25, 0.3) is 22.8 Å². The monoisotopic (exact) mass is 378 g/mol. The molecule has 0 bridgehead atoms. The summed E-state index contributed by atoms with van der Waals surface area (Å²) in [6, 6.07) is 14.5. The number of rotatable bonds is 3. The normalized spacial score (nSPS) is 14.3. The van der Waals surface area contributed by atoms with E-state index in [4.69, 9.17) is 11.6 Å². The van der Waals surface area contributed by atoms with Crippen molar-refractivity contribution in [1.29, 1.82) is 0 Å². The molecule has 2 aromatic carbocycles. The maximum atomic E-state index is 12.6. The summed E-state index contributed by atoms with van der Waals surface area (Å²) in [7, 11) is 0. The molecular formula is C21H15ClN2O3. The molecule has 1 amide bonds. The van der Waals surface area contributed by atoms with Crippen LogP contribution in [0.2, 0.25) is 5.02 Å². The van der Waals surface area contributed by atoms with Gasteiger partial charge in [-0.05, 0) is 48.4 Å². The number of benzene rings is 2. The summed E-state index contributed by atoms with van der Waals surface area (Å²) in [6.07, 6.45) is 1.59. The maximum absolute atomic E-state index is 12.6. The molecule has 27 heavy (non-hydrogen) atoms.